The van der Waals surface area contributed by atoms with Crippen LogP contribution >= 0.6 is 0 Å². The molecular weight excluding hydrogens is 329 g/mol. The molecule has 1 saturated heterocycles. The number of aromatic nitrogens is 3. The van der Waals surface area contributed by atoms with Crippen molar-refractivity contribution in [2.45, 2.75) is 38.3 Å². The third-order valence-electron chi connectivity index (χ3n) is 6.01. The van der Waals surface area contributed by atoms with Crippen molar-refractivity contribution in [1.82, 2.24) is 19.9 Å². The molecule has 2 aliphatic rings. The van der Waals surface area contributed by atoms with Crippen molar-refractivity contribution in [3.05, 3.63) is 24.3 Å². The molecule has 2 aromatic rings. The molecule has 0 aromatic carbocycles. The van der Waals surface area contributed by atoms with E-state index < -0.39 is 12.7 Å². The zero-order valence-corrected chi connectivity index (χ0v) is 14.3. The van der Waals surface area contributed by atoms with Crippen LogP contribution in [0, 0.1) is 17.8 Å². The highest BCUT2D eigenvalue weighted by Gasteiger charge is 2.45. The van der Waals surface area contributed by atoms with Gasteiger partial charge in [-0.05, 0) is 43.1 Å². The van der Waals surface area contributed by atoms with Gasteiger partial charge in [-0.3, -0.25) is 4.90 Å². The quantitative estimate of drug-likeness (QED) is 0.905. The first-order valence-corrected chi connectivity index (χ1v) is 9.01. The molecular formula is C18H23F3N4. The lowest BCUT2D eigenvalue weighted by Gasteiger charge is -2.25. The van der Waals surface area contributed by atoms with Gasteiger partial charge in [0.1, 0.15) is 12.0 Å². The molecule has 1 aliphatic heterocycles. The van der Waals surface area contributed by atoms with Gasteiger partial charge in [-0.2, -0.15) is 13.2 Å². The molecule has 1 aliphatic carbocycles. The third kappa shape index (κ3) is 3.26. The summed E-state index contributed by atoms with van der Waals surface area (Å²) in [6.45, 7) is 2.58. The van der Waals surface area contributed by atoms with E-state index in [0.29, 0.717) is 36.8 Å². The van der Waals surface area contributed by atoms with E-state index in [4.69, 9.17) is 0 Å². The lowest BCUT2D eigenvalue weighted by Crippen LogP contribution is -2.33. The lowest BCUT2D eigenvalue weighted by molar-refractivity contribution is -0.144. The number of fused-ring (bicyclic) bond motifs is 2. The van der Waals surface area contributed by atoms with E-state index in [1.54, 1.807) is 11.2 Å². The fourth-order valence-corrected chi connectivity index (χ4v) is 5.09. The number of nitrogens with one attached hydrogen (secondary N) is 1. The minimum absolute atomic E-state index is 0.350. The maximum absolute atomic E-state index is 12.6. The number of likely N-dealkylation sites (tertiary alicyclic amines) is 1. The maximum Gasteiger partial charge on any atom is 0.401 e. The summed E-state index contributed by atoms with van der Waals surface area (Å²) in [5.41, 5.74) is 1.95. The summed E-state index contributed by atoms with van der Waals surface area (Å²) in [6, 6.07) is 2.02. The SMILES string of the molecule is CCC(c1ncnc2[nH]ccc12)C1CC2CN(CC(F)(F)F)CC2C1. The van der Waals surface area contributed by atoms with Crippen LogP contribution in [0.5, 0.6) is 0 Å². The van der Waals surface area contributed by atoms with Crippen LogP contribution in [0.2, 0.25) is 0 Å². The van der Waals surface area contributed by atoms with E-state index in [-0.39, 0.29) is 0 Å². The maximum atomic E-state index is 12.6. The number of hydrogen-bond donors (Lipinski definition) is 1. The second kappa shape index (κ2) is 6.27. The Balaban J connectivity index is 1.48. The van der Waals surface area contributed by atoms with Gasteiger partial charge in [-0.1, -0.05) is 6.92 Å². The lowest BCUT2D eigenvalue weighted by atomic mass is 9.84. The van der Waals surface area contributed by atoms with E-state index in [2.05, 4.69) is 21.9 Å². The molecule has 136 valence electrons. The van der Waals surface area contributed by atoms with Crippen molar-refractivity contribution in [2.75, 3.05) is 19.6 Å². The average molecular weight is 352 g/mol. The van der Waals surface area contributed by atoms with Crippen LogP contribution in [0.4, 0.5) is 13.2 Å². The van der Waals surface area contributed by atoms with Crippen LogP contribution < -0.4 is 0 Å². The van der Waals surface area contributed by atoms with Crippen molar-refractivity contribution in [2.24, 2.45) is 17.8 Å². The molecule has 0 amide bonds. The Bertz CT molecular complexity index is 727. The molecule has 2 fully saturated rings. The van der Waals surface area contributed by atoms with E-state index in [1.165, 1.54) is 0 Å². The molecule has 25 heavy (non-hydrogen) atoms. The second-order valence-electron chi connectivity index (χ2n) is 7.57. The largest absolute Gasteiger partial charge is 0.401 e. The van der Waals surface area contributed by atoms with Gasteiger partial charge in [0.2, 0.25) is 0 Å². The predicted molar refractivity (Wildman–Crippen MR) is 89.1 cm³/mol. The molecule has 1 saturated carbocycles. The van der Waals surface area contributed by atoms with Gasteiger partial charge in [0.05, 0.1) is 12.2 Å². The average Bonchev–Trinajstić information content (AvgIpc) is 3.20. The summed E-state index contributed by atoms with van der Waals surface area (Å²) in [5, 5.41) is 1.07. The molecule has 3 heterocycles. The number of rotatable bonds is 4. The van der Waals surface area contributed by atoms with E-state index in [0.717, 1.165) is 36.0 Å². The van der Waals surface area contributed by atoms with Crippen molar-refractivity contribution < 1.29 is 13.2 Å². The van der Waals surface area contributed by atoms with Gasteiger partial charge in [-0.25, -0.2) is 9.97 Å². The molecule has 0 spiro atoms. The summed E-state index contributed by atoms with van der Waals surface area (Å²) < 4.78 is 37.9. The molecule has 4 nitrogen and oxygen atoms in total. The second-order valence-corrected chi connectivity index (χ2v) is 7.57. The van der Waals surface area contributed by atoms with Gasteiger partial charge in [-0.15, -0.1) is 0 Å². The molecule has 0 bridgehead atoms. The highest BCUT2D eigenvalue weighted by Crippen LogP contribution is 2.48. The molecule has 2 aromatic heterocycles. The number of hydrogen-bond acceptors (Lipinski definition) is 3. The number of H-pyrrole nitrogens is 1. The summed E-state index contributed by atoms with van der Waals surface area (Å²) in [5.74, 6) is 1.64. The molecule has 1 N–H and O–H groups in total. The van der Waals surface area contributed by atoms with Gasteiger partial charge in [0.15, 0.2) is 0 Å². The Labute approximate surface area is 144 Å². The third-order valence-corrected chi connectivity index (χ3v) is 6.01. The smallest absolute Gasteiger partial charge is 0.346 e. The fourth-order valence-electron chi connectivity index (χ4n) is 5.09. The van der Waals surface area contributed by atoms with E-state index in [9.17, 15) is 13.2 Å². The standard InChI is InChI=1S/C18H23F3N4/c1-2-14(16-15-3-4-22-17(15)24-10-23-16)11-5-12-7-25(8-13(12)6-11)9-18(19,20)21/h3-4,10-14H,2,5-9H2,1H3,(H,22,23,24). The summed E-state index contributed by atoms with van der Waals surface area (Å²) in [4.78, 5) is 13.5. The monoisotopic (exact) mass is 352 g/mol. The molecule has 4 rings (SSSR count). The predicted octanol–water partition coefficient (Wildman–Crippen LogP) is 3.97. The minimum atomic E-state index is -4.09. The topological polar surface area (TPSA) is 44.8 Å². The summed E-state index contributed by atoms with van der Waals surface area (Å²) in [6.07, 6.45) is 2.41. The van der Waals surface area contributed by atoms with Crippen LogP contribution in [-0.4, -0.2) is 45.7 Å². The van der Waals surface area contributed by atoms with Gasteiger partial charge < -0.3 is 4.98 Å². The minimum Gasteiger partial charge on any atom is -0.346 e. The van der Waals surface area contributed by atoms with Crippen LogP contribution in [0.25, 0.3) is 11.0 Å². The summed E-state index contributed by atoms with van der Waals surface area (Å²) >= 11 is 0. The first-order chi connectivity index (χ1) is 11.9. The van der Waals surface area contributed by atoms with E-state index >= 15 is 0 Å². The normalized spacial score (nSPS) is 28.6. The Morgan fingerprint density at radius 1 is 1.24 bits per heavy atom. The molecule has 7 heteroatoms. The van der Waals surface area contributed by atoms with Gasteiger partial charge >= 0.3 is 6.18 Å². The Morgan fingerprint density at radius 2 is 1.96 bits per heavy atom. The van der Waals surface area contributed by atoms with Crippen molar-refractivity contribution in [1.29, 1.82) is 0 Å². The Kier molecular flexibility index (Phi) is 4.22. The van der Waals surface area contributed by atoms with Crippen molar-refractivity contribution in [3.63, 3.8) is 0 Å². The fraction of sp³-hybridized carbons (Fsp3) is 0.667. The van der Waals surface area contributed by atoms with Crippen LogP contribution in [0.3, 0.4) is 0 Å². The first-order valence-electron chi connectivity index (χ1n) is 9.01. The number of halogens is 3. The zero-order chi connectivity index (χ0) is 17.6. The van der Waals surface area contributed by atoms with Crippen molar-refractivity contribution in [3.8, 4) is 0 Å². The zero-order valence-electron chi connectivity index (χ0n) is 14.3. The Morgan fingerprint density at radius 3 is 2.60 bits per heavy atom. The number of aromatic amines is 1. The first kappa shape index (κ1) is 16.8. The molecule has 3 unspecified atom stereocenters. The highest BCUT2D eigenvalue weighted by atomic mass is 19.4. The van der Waals surface area contributed by atoms with E-state index in [1.807, 2.05) is 12.3 Å². The number of alkyl halides is 3. The molecule has 0 radical (unpaired) electrons. The van der Waals surface area contributed by atoms with Crippen LogP contribution in [-0.2, 0) is 0 Å². The Hall–Kier alpha value is -1.63. The van der Waals surface area contributed by atoms with Crippen molar-refractivity contribution >= 4 is 11.0 Å². The highest BCUT2D eigenvalue weighted by molar-refractivity contribution is 5.78. The number of nitrogens with zero attached hydrogens (tertiary/aromatic N) is 3. The van der Waals surface area contributed by atoms with Crippen LogP contribution in [0.15, 0.2) is 18.6 Å². The van der Waals surface area contributed by atoms with Crippen LogP contribution in [0.1, 0.15) is 37.8 Å². The van der Waals surface area contributed by atoms with Gasteiger partial charge in [0.25, 0.3) is 0 Å². The van der Waals surface area contributed by atoms with Gasteiger partial charge in [0, 0.05) is 30.6 Å². The molecule has 3 atom stereocenters. The summed E-state index contributed by atoms with van der Waals surface area (Å²) in [7, 11) is 0.